The van der Waals surface area contributed by atoms with E-state index in [9.17, 15) is 9.59 Å². The first-order valence-electron chi connectivity index (χ1n) is 5.54. The van der Waals surface area contributed by atoms with Gasteiger partial charge in [-0.15, -0.1) is 0 Å². The minimum absolute atomic E-state index is 0.0406. The summed E-state index contributed by atoms with van der Waals surface area (Å²) in [5.74, 6) is -1.47. The van der Waals surface area contributed by atoms with Crippen LogP contribution in [0.1, 0.15) is 20.7 Å². The Bertz CT molecular complexity index is 735. The summed E-state index contributed by atoms with van der Waals surface area (Å²) < 4.78 is 2.71. The Morgan fingerprint density at radius 2 is 1.86 bits per heavy atom. The number of pyridine rings is 1. The smallest absolute Gasteiger partial charge is 0.339 e. The van der Waals surface area contributed by atoms with Crippen molar-refractivity contribution >= 4 is 85.5 Å². The number of carboxylic acids is 1. The van der Waals surface area contributed by atoms with Crippen LogP contribution in [0.15, 0.2) is 30.5 Å². The lowest BCUT2D eigenvalue weighted by molar-refractivity contribution is 0.0697. The molecule has 0 aliphatic rings. The SMILES string of the molecule is O=C(O)c1cccnc1NC(=O)c1cc(I)cc(I)c1I. The summed E-state index contributed by atoms with van der Waals surface area (Å²) in [6.07, 6.45) is 1.44. The predicted molar refractivity (Wildman–Crippen MR) is 104 cm³/mol. The van der Waals surface area contributed by atoms with Crippen LogP contribution in [0.5, 0.6) is 0 Å². The van der Waals surface area contributed by atoms with Gasteiger partial charge in [-0.3, -0.25) is 4.79 Å². The van der Waals surface area contributed by atoms with E-state index in [2.05, 4.69) is 78.1 Å². The molecular formula is C13H7I3N2O3. The molecule has 108 valence electrons. The lowest BCUT2D eigenvalue weighted by Gasteiger charge is -2.10. The van der Waals surface area contributed by atoms with E-state index in [0.717, 1.165) is 10.7 Å². The zero-order valence-electron chi connectivity index (χ0n) is 10.2. The fourth-order valence-electron chi connectivity index (χ4n) is 1.57. The lowest BCUT2D eigenvalue weighted by Crippen LogP contribution is -2.17. The number of aromatic carboxylic acids is 1. The molecule has 1 heterocycles. The second-order valence-corrected chi connectivity index (χ2v) is 7.39. The van der Waals surface area contributed by atoms with Crippen LogP contribution >= 0.6 is 67.8 Å². The van der Waals surface area contributed by atoms with Gasteiger partial charge in [-0.25, -0.2) is 9.78 Å². The molecule has 0 aliphatic carbocycles. The van der Waals surface area contributed by atoms with Gasteiger partial charge in [0, 0.05) is 16.9 Å². The summed E-state index contributed by atoms with van der Waals surface area (Å²) in [7, 11) is 0. The molecule has 0 fully saturated rings. The monoisotopic (exact) mass is 620 g/mol. The van der Waals surface area contributed by atoms with E-state index >= 15 is 0 Å². The van der Waals surface area contributed by atoms with Crippen molar-refractivity contribution < 1.29 is 14.7 Å². The van der Waals surface area contributed by atoms with Gasteiger partial charge >= 0.3 is 5.97 Å². The number of rotatable bonds is 3. The van der Waals surface area contributed by atoms with Gasteiger partial charge in [0.2, 0.25) is 0 Å². The van der Waals surface area contributed by atoms with Crippen molar-refractivity contribution in [2.45, 2.75) is 0 Å². The first-order valence-corrected chi connectivity index (χ1v) is 8.78. The minimum Gasteiger partial charge on any atom is -0.478 e. The fourth-order valence-corrected chi connectivity index (χ4v) is 3.97. The molecule has 0 saturated heterocycles. The van der Waals surface area contributed by atoms with E-state index in [0.29, 0.717) is 5.56 Å². The van der Waals surface area contributed by atoms with Crippen molar-refractivity contribution in [3.05, 3.63) is 52.3 Å². The topological polar surface area (TPSA) is 79.3 Å². The molecule has 21 heavy (non-hydrogen) atoms. The Hall–Kier alpha value is -0.500. The van der Waals surface area contributed by atoms with Crippen LogP contribution in [-0.2, 0) is 0 Å². The molecule has 2 rings (SSSR count). The number of nitrogens with one attached hydrogen (secondary N) is 1. The summed E-state index contributed by atoms with van der Waals surface area (Å²) in [5.41, 5.74) is 0.454. The number of carboxylic acid groups (broad SMARTS) is 1. The van der Waals surface area contributed by atoms with Crippen LogP contribution in [0, 0.1) is 10.7 Å². The molecule has 2 aromatic rings. The Balaban J connectivity index is 2.38. The van der Waals surface area contributed by atoms with Crippen molar-refractivity contribution in [2.75, 3.05) is 5.32 Å². The van der Waals surface area contributed by atoms with Gasteiger partial charge in [-0.2, -0.15) is 0 Å². The van der Waals surface area contributed by atoms with E-state index in [1.54, 1.807) is 6.07 Å². The highest BCUT2D eigenvalue weighted by atomic mass is 127. The number of nitrogens with zero attached hydrogens (tertiary/aromatic N) is 1. The molecule has 0 bridgehead atoms. The number of benzene rings is 1. The van der Waals surface area contributed by atoms with E-state index < -0.39 is 5.97 Å². The zero-order valence-corrected chi connectivity index (χ0v) is 16.7. The third-order valence-corrected chi connectivity index (χ3v) is 6.18. The summed E-state index contributed by atoms with van der Waals surface area (Å²) in [6, 6.07) is 6.62. The van der Waals surface area contributed by atoms with Gasteiger partial charge in [0.1, 0.15) is 11.4 Å². The molecule has 1 amide bonds. The third-order valence-electron chi connectivity index (χ3n) is 2.51. The Morgan fingerprint density at radius 3 is 2.52 bits per heavy atom. The van der Waals surface area contributed by atoms with Crippen LogP contribution in [0.2, 0.25) is 0 Å². The van der Waals surface area contributed by atoms with Crippen LogP contribution in [-0.4, -0.2) is 22.0 Å². The summed E-state index contributed by atoms with van der Waals surface area (Å²) in [5, 5.41) is 11.7. The molecule has 1 aromatic heterocycles. The second kappa shape index (κ2) is 7.17. The van der Waals surface area contributed by atoms with Gasteiger partial charge in [-0.1, -0.05) is 0 Å². The molecule has 0 atom stereocenters. The van der Waals surface area contributed by atoms with Gasteiger partial charge in [-0.05, 0) is 92.0 Å². The third kappa shape index (κ3) is 4.03. The standard InChI is InChI=1S/C13H7I3N2O3/c14-6-4-8(10(16)9(15)5-6)12(19)18-11-7(13(20)21)2-1-3-17-11/h1-5H,(H,20,21)(H,17,18,19). The number of carbonyl (C=O) groups is 2. The molecule has 0 unspecified atom stereocenters. The molecule has 0 spiro atoms. The van der Waals surface area contributed by atoms with Crippen LogP contribution in [0.4, 0.5) is 5.82 Å². The number of hydrogen-bond donors (Lipinski definition) is 2. The van der Waals surface area contributed by atoms with Crippen molar-refractivity contribution in [2.24, 2.45) is 0 Å². The van der Waals surface area contributed by atoms with Gasteiger partial charge in [0.05, 0.1) is 5.56 Å². The van der Waals surface area contributed by atoms with E-state index in [4.69, 9.17) is 5.11 Å². The lowest BCUT2D eigenvalue weighted by atomic mass is 10.2. The highest BCUT2D eigenvalue weighted by Gasteiger charge is 2.17. The first kappa shape index (κ1) is 16.9. The summed E-state index contributed by atoms with van der Waals surface area (Å²) in [4.78, 5) is 27.4. The maximum Gasteiger partial charge on any atom is 0.339 e. The van der Waals surface area contributed by atoms with Crippen LogP contribution in [0.25, 0.3) is 0 Å². The quantitative estimate of drug-likeness (QED) is 0.404. The zero-order chi connectivity index (χ0) is 15.6. The molecule has 1 aromatic carbocycles. The number of carbonyl (C=O) groups excluding carboxylic acids is 1. The molecule has 0 aliphatic heterocycles. The number of halogens is 3. The van der Waals surface area contributed by atoms with Crippen LogP contribution in [0.3, 0.4) is 0 Å². The number of hydrogen-bond acceptors (Lipinski definition) is 3. The minimum atomic E-state index is -1.13. The maximum absolute atomic E-state index is 12.4. The normalized spacial score (nSPS) is 10.2. The van der Waals surface area contributed by atoms with Crippen molar-refractivity contribution in [3.63, 3.8) is 0 Å². The van der Waals surface area contributed by atoms with Crippen molar-refractivity contribution in [3.8, 4) is 0 Å². The van der Waals surface area contributed by atoms with Crippen LogP contribution < -0.4 is 5.32 Å². The average Bonchev–Trinajstić information content (AvgIpc) is 2.43. The van der Waals surface area contributed by atoms with Gasteiger partial charge in [0.15, 0.2) is 0 Å². The second-order valence-electron chi connectivity index (χ2n) is 3.91. The number of aromatic nitrogens is 1. The van der Waals surface area contributed by atoms with Gasteiger partial charge < -0.3 is 10.4 Å². The molecule has 5 nitrogen and oxygen atoms in total. The maximum atomic E-state index is 12.4. The van der Waals surface area contributed by atoms with E-state index in [-0.39, 0.29) is 17.3 Å². The number of anilines is 1. The molecule has 0 saturated carbocycles. The van der Waals surface area contributed by atoms with Crippen molar-refractivity contribution in [1.29, 1.82) is 0 Å². The fraction of sp³-hybridized carbons (Fsp3) is 0. The van der Waals surface area contributed by atoms with E-state index in [1.165, 1.54) is 18.3 Å². The summed E-state index contributed by atoms with van der Waals surface area (Å²) >= 11 is 6.38. The first-order chi connectivity index (χ1) is 9.90. The summed E-state index contributed by atoms with van der Waals surface area (Å²) in [6.45, 7) is 0. The highest BCUT2D eigenvalue weighted by molar-refractivity contribution is 14.1. The molecular weight excluding hydrogens is 613 g/mol. The van der Waals surface area contributed by atoms with E-state index in [1.807, 2.05) is 6.07 Å². The van der Waals surface area contributed by atoms with Crippen molar-refractivity contribution in [1.82, 2.24) is 4.98 Å². The Kier molecular flexibility index (Phi) is 5.76. The van der Waals surface area contributed by atoms with Gasteiger partial charge in [0.25, 0.3) is 5.91 Å². The predicted octanol–water partition coefficient (Wildman–Crippen LogP) is 3.85. The Labute approximate surface area is 161 Å². The number of amides is 1. The molecule has 0 radical (unpaired) electrons. The average molecular weight is 620 g/mol. The Morgan fingerprint density at radius 1 is 1.14 bits per heavy atom. The molecule has 8 heteroatoms. The highest BCUT2D eigenvalue weighted by Crippen LogP contribution is 2.24. The largest absolute Gasteiger partial charge is 0.478 e. The molecule has 2 N–H and O–H groups in total.